The van der Waals surface area contributed by atoms with E-state index in [1.165, 1.54) is 27.8 Å². The molecule has 2 aromatic carbocycles. The van der Waals surface area contributed by atoms with Gasteiger partial charge in [0.05, 0.1) is 0 Å². The van der Waals surface area contributed by atoms with Crippen molar-refractivity contribution in [3.63, 3.8) is 0 Å². The van der Waals surface area contributed by atoms with Gasteiger partial charge in [-0.2, -0.15) is 0 Å². The van der Waals surface area contributed by atoms with E-state index in [9.17, 15) is 0 Å². The van der Waals surface area contributed by atoms with Crippen LogP contribution in [-0.4, -0.2) is 12.3 Å². The summed E-state index contributed by atoms with van der Waals surface area (Å²) in [5.74, 6) is 0. The molecule has 1 nitrogen and oxygen atoms in total. The summed E-state index contributed by atoms with van der Waals surface area (Å²) in [5, 5.41) is 0. The van der Waals surface area contributed by atoms with E-state index in [4.69, 9.17) is 0 Å². The van der Waals surface area contributed by atoms with Crippen LogP contribution in [0.4, 0.5) is 0 Å². The van der Waals surface area contributed by atoms with Crippen molar-refractivity contribution in [2.75, 3.05) is 6.54 Å². The Morgan fingerprint density at radius 3 is 2.12 bits per heavy atom. The molecule has 2 aromatic rings. The summed E-state index contributed by atoms with van der Waals surface area (Å²) in [6.07, 6.45) is 3.24. The molecule has 0 radical (unpaired) electrons. The van der Waals surface area contributed by atoms with Crippen molar-refractivity contribution in [2.45, 2.75) is 34.1 Å². The summed E-state index contributed by atoms with van der Waals surface area (Å²) in [6.45, 7) is 13.7. The second-order valence-corrected chi connectivity index (χ2v) is 5.92. The highest BCUT2D eigenvalue weighted by Crippen LogP contribution is 2.33. The number of hydrogen-bond donors (Lipinski definition) is 0. The molecule has 0 aliphatic carbocycles. The van der Waals surface area contributed by atoms with Crippen molar-refractivity contribution in [1.82, 2.24) is 0 Å². The lowest BCUT2D eigenvalue weighted by Gasteiger charge is -2.17. The second-order valence-electron chi connectivity index (χ2n) is 5.92. The lowest BCUT2D eigenvalue weighted by atomic mass is 9.87. The fourth-order valence-corrected chi connectivity index (χ4v) is 3.01. The molecule has 0 aromatic heterocycles. The summed E-state index contributed by atoms with van der Waals surface area (Å²) in [7, 11) is 0. The van der Waals surface area contributed by atoms with Gasteiger partial charge in [0.1, 0.15) is 0 Å². The van der Waals surface area contributed by atoms with E-state index in [1.807, 2.05) is 0 Å². The number of aryl methyl sites for hydroxylation is 1. The van der Waals surface area contributed by atoms with Crippen LogP contribution in [0.1, 0.15) is 49.4 Å². The largest absolute Gasteiger partial charge is 0.290 e. The Labute approximate surface area is 146 Å². The van der Waals surface area contributed by atoms with Gasteiger partial charge in [0, 0.05) is 17.8 Å². The molecular weight excluding hydrogens is 290 g/mol. The first-order chi connectivity index (χ1) is 11.6. The SMILES string of the molecule is C=C(/C(=C/CC)c1ccccc1C(C)=NCC)c1ccccc1C. The molecule has 24 heavy (non-hydrogen) atoms. The Kier molecular flexibility index (Phi) is 6.31. The Bertz CT molecular complexity index is 778. The molecule has 0 N–H and O–H groups in total. The van der Waals surface area contributed by atoms with Crippen LogP contribution in [0.2, 0.25) is 0 Å². The summed E-state index contributed by atoms with van der Waals surface area (Å²) < 4.78 is 0. The third-order valence-electron chi connectivity index (χ3n) is 4.21. The van der Waals surface area contributed by atoms with Gasteiger partial charge in [-0.05, 0) is 55.0 Å². The number of nitrogens with zero attached hydrogens (tertiary/aromatic N) is 1. The van der Waals surface area contributed by atoms with Crippen LogP contribution in [0.5, 0.6) is 0 Å². The highest BCUT2D eigenvalue weighted by Gasteiger charge is 2.14. The molecule has 0 spiro atoms. The van der Waals surface area contributed by atoms with E-state index < -0.39 is 0 Å². The standard InChI is InChI=1S/C23H27N/c1-6-12-21(18(4)20-14-9-8-13-17(20)3)23-16-11-10-15-22(23)19(5)24-7-2/h8-16H,4,6-7H2,1-3,5H3/b21-12-,24-19?. The minimum Gasteiger partial charge on any atom is -0.290 e. The Balaban J connectivity index is 2.58. The fraction of sp³-hybridized carbons (Fsp3) is 0.261. The zero-order valence-corrected chi connectivity index (χ0v) is 15.3. The monoisotopic (exact) mass is 317 g/mol. The molecule has 0 amide bonds. The Morgan fingerprint density at radius 2 is 1.54 bits per heavy atom. The molecule has 0 bridgehead atoms. The van der Waals surface area contributed by atoms with Crippen molar-refractivity contribution >= 4 is 16.9 Å². The summed E-state index contributed by atoms with van der Waals surface area (Å²) in [5.41, 5.74) is 8.21. The van der Waals surface area contributed by atoms with Crippen molar-refractivity contribution < 1.29 is 0 Å². The van der Waals surface area contributed by atoms with Gasteiger partial charge in [-0.3, -0.25) is 4.99 Å². The Hall–Kier alpha value is -2.41. The number of hydrogen-bond acceptors (Lipinski definition) is 1. The van der Waals surface area contributed by atoms with Crippen LogP contribution in [-0.2, 0) is 0 Å². The van der Waals surface area contributed by atoms with Crippen LogP contribution in [0, 0.1) is 6.92 Å². The molecule has 0 atom stereocenters. The van der Waals surface area contributed by atoms with Crippen molar-refractivity contribution in [3.8, 4) is 0 Å². The van der Waals surface area contributed by atoms with Gasteiger partial charge < -0.3 is 0 Å². The molecule has 2 rings (SSSR count). The third kappa shape index (κ3) is 3.91. The van der Waals surface area contributed by atoms with Crippen molar-refractivity contribution in [1.29, 1.82) is 0 Å². The minimum absolute atomic E-state index is 0.797. The van der Waals surface area contributed by atoms with E-state index in [-0.39, 0.29) is 0 Å². The molecule has 1 heteroatoms. The lowest BCUT2D eigenvalue weighted by molar-refractivity contribution is 1.12. The van der Waals surface area contributed by atoms with E-state index in [0.29, 0.717) is 0 Å². The first-order valence-electron chi connectivity index (χ1n) is 8.66. The van der Waals surface area contributed by atoms with Crippen LogP contribution in [0.25, 0.3) is 11.1 Å². The molecule has 0 unspecified atom stereocenters. The van der Waals surface area contributed by atoms with Gasteiger partial charge in [0.2, 0.25) is 0 Å². The predicted molar refractivity (Wildman–Crippen MR) is 108 cm³/mol. The molecule has 0 aliphatic heterocycles. The molecule has 124 valence electrons. The van der Waals surface area contributed by atoms with Crippen LogP contribution >= 0.6 is 0 Å². The summed E-state index contributed by atoms with van der Waals surface area (Å²) in [4.78, 5) is 4.61. The quantitative estimate of drug-likeness (QED) is 0.436. The normalized spacial score (nSPS) is 12.3. The van der Waals surface area contributed by atoms with Crippen molar-refractivity contribution in [3.05, 3.63) is 83.4 Å². The van der Waals surface area contributed by atoms with Crippen LogP contribution in [0.3, 0.4) is 0 Å². The maximum atomic E-state index is 4.61. The van der Waals surface area contributed by atoms with Crippen LogP contribution in [0.15, 0.2) is 66.2 Å². The summed E-state index contributed by atoms with van der Waals surface area (Å²) in [6, 6.07) is 16.9. The van der Waals surface area contributed by atoms with Crippen molar-refractivity contribution in [2.24, 2.45) is 4.99 Å². The van der Waals surface area contributed by atoms with Crippen LogP contribution < -0.4 is 0 Å². The van der Waals surface area contributed by atoms with Gasteiger partial charge in [0.15, 0.2) is 0 Å². The highest BCUT2D eigenvalue weighted by atomic mass is 14.7. The number of aliphatic imine (C=N–C) groups is 1. The topological polar surface area (TPSA) is 12.4 Å². The van der Waals surface area contributed by atoms with E-state index in [2.05, 4.69) is 93.9 Å². The van der Waals surface area contributed by atoms with Gasteiger partial charge in [-0.15, -0.1) is 0 Å². The maximum absolute atomic E-state index is 4.61. The average molecular weight is 317 g/mol. The molecule has 0 saturated carbocycles. The number of allylic oxidation sites excluding steroid dienone is 3. The molecule has 0 aliphatic rings. The number of rotatable bonds is 6. The van der Waals surface area contributed by atoms with E-state index in [1.54, 1.807) is 0 Å². The fourth-order valence-electron chi connectivity index (χ4n) is 3.01. The molecule has 0 heterocycles. The molecule has 0 fully saturated rings. The lowest BCUT2D eigenvalue weighted by Crippen LogP contribution is -2.03. The van der Waals surface area contributed by atoms with Gasteiger partial charge >= 0.3 is 0 Å². The minimum atomic E-state index is 0.797. The van der Waals surface area contributed by atoms with Gasteiger partial charge in [-0.25, -0.2) is 0 Å². The molecular formula is C23H27N. The summed E-state index contributed by atoms with van der Waals surface area (Å²) >= 11 is 0. The van der Waals surface area contributed by atoms with E-state index in [0.717, 1.165) is 24.3 Å². The van der Waals surface area contributed by atoms with Gasteiger partial charge in [0.25, 0.3) is 0 Å². The second kappa shape index (κ2) is 8.44. The third-order valence-corrected chi connectivity index (χ3v) is 4.21. The predicted octanol–water partition coefficient (Wildman–Crippen LogP) is 6.33. The maximum Gasteiger partial charge on any atom is 0.0395 e. The van der Waals surface area contributed by atoms with Gasteiger partial charge in [-0.1, -0.05) is 68.1 Å². The first-order valence-corrected chi connectivity index (χ1v) is 8.66. The zero-order chi connectivity index (χ0) is 17.5. The first kappa shape index (κ1) is 17.9. The van der Waals surface area contributed by atoms with E-state index >= 15 is 0 Å². The number of benzene rings is 2. The smallest absolute Gasteiger partial charge is 0.0395 e. The molecule has 0 saturated heterocycles. The highest BCUT2D eigenvalue weighted by molar-refractivity contribution is 6.11. The Morgan fingerprint density at radius 1 is 0.958 bits per heavy atom. The zero-order valence-electron chi connectivity index (χ0n) is 15.3. The average Bonchev–Trinajstić information content (AvgIpc) is 2.60.